The molecule has 1 amide bonds. The van der Waals surface area contributed by atoms with Crippen LogP contribution in [0, 0.1) is 5.92 Å². The average Bonchev–Trinajstić information content (AvgIpc) is 2.46. The molecule has 0 bridgehead atoms. The van der Waals surface area contributed by atoms with E-state index in [1.807, 2.05) is 12.1 Å². The number of nitrogens with zero attached hydrogens (tertiary/aromatic N) is 3. The fourth-order valence-corrected chi connectivity index (χ4v) is 3.51. The molecule has 1 aromatic rings. The Labute approximate surface area is 125 Å². The number of sulfonamides is 1. The zero-order chi connectivity index (χ0) is 15.5. The van der Waals surface area contributed by atoms with Gasteiger partial charge in [0.25, 0.3) is 0 Å². The quantitative estimate of drug-likeness (QED) is 0.821. The van der Waals surface area contributed by atoms with E-state index in [9.17, 15) is 13.2 Å². The van der Waals surface area contributed by atoms with E-state index in [2.05, 4.69) is 4.98 Å². The zero-order valence-electron chi connectivity index (χ0n) is 12.4. The number of piperidine rings is 1. The summed E-state index contributed by atoms with van der Waals surface area (Å²) in [7, 11) is -1.48. The summed E-state index contributed by atoms with van der Waals surface area (Å²) in [6.45, 7) is 1.28. The van der Waals surface area contributed by atoms with Crippen LogP contribution >= 0.6 is 0 Å². The first-order valence-corrected chi connectivity index (χ1v) is 8.82. The highest BCUT2D eigenvalue weighted by atomic mass is 32.2. The van der Waals surface area contributed by atoms with Crippen LogP contribution in [0.25, 0.3) is 0 Å². The van der Waals surface area contributed by atoms with Gasteiger partial charge >= 0.3 is 0 Å². The minimum Gasteiger partial charge on any atom is -0.341 e. The van der Waals surface area contributed by atoms with Gasteiger partial charge in [-0.2, -0.15) is 0 Å². The van der Waals surface area contributed by atoms with Gasteiger partial charge < -0.3 is 4.90 Å². The first-order chi connectivity index (χ1) is 9.88. The van der Waals surface area contributed by atoms with Crippen molar-refractivity contribution in [1.82, 2.24) is 14.2 Å². The van der Waals surface area contributed by atoms with Gasteiger partial charge in [-0.05, 0) is 24.5 Å². The molecule has 0 aromatic carbocycles. The van der Waals surface area contributed by atoms with Crippen molar-refractivity contribution in [3.05, 3.63) is 30.1 Å². The van der Waals surface area contributed by atoms with Crippen molar-refractivity contribution in [2.75, 3.05) is 26.4 Å². The molecule has 1 atom stereocenters. The van der Waals surface area contributed by atoms with Crippen molar-refractivity contribution in [2.45, 2.75) is 19.4 Å². The number of hydrogen-bond acceptors (Lipinski definition) is 4. The molecular formula is C14H21N3O3S. The summed E-state index contributed by atoms with van der Waals surface area (Å²) in [4.78, 5) is 18.1. The molecule has 1 aliphatic rings. The molecule has 1 fully saturated rings. The maximum Gasteiger partial charge on any atom is 0.227 e. The van der Waals surface area contributed by atoms with Crippen molar-refractivity contribution < 1.29 is 13.2 Å². The van der Waals surface area contributed by atoms with E-state index in [1.54, 1.807) is 24.3 Å². The third-order valence-corrected chi connectivity index (χ3v) is 4.99. The molecule has 116 valence electrons. The lowest BCUT2D eigenvalue weighted by Gasteiger charge is -2.32. The van der Waals surface area contributed by atoms with Crippen LogP contribution in [0.3, 0.4) is 0 Å². The minimum atomic E-state index is -3.22. The van der Waals surface area contributed by atoms with Crippen LogP contribution in [-0.2, 0) is 21.4 Å². The second-order valence-electron chi connectivity index (χ2n) is 5.52. The maximum atomic E-state index is 12.5. The molecule has 0 aliphatic carbocycles. The van der Waals surface area contributed by atoms with Crippen LogP contribution in [0.4, 0.5) is 0 Å². The van der Waals surface area contributed by atoms with E-state index in [1.165, 1.54) is 10.6 Å². The summed E-state index contributed by atoms with van der Waals surface area (Å²) in [5.41, 5.74) is 0.962. The predicted octanol–water partition coefficient (Wildman–Crippen LogP) is 0.712. The molecule has 1 saturated heterocycles. The van der Waals surface area contributed by atoms with Gasteiger partial charge in [-0.15, -0.1) is 0 Å². The van der Waals surface area contributed by atoms with Crippen LogP contribution in [0.5, 0.6) is 0 Å². The van der Waals surface area contributed by atoms with Crippen molar-refractivity contribution in [2.24, 2.45) is 5.92 Å². The van der Waals surface area contributed by atoms with Gasteiger partial charge in [0.05, 0.1) is 12.2 Å². The average molecular weight is 311 g/mol. The molecule has 0 unspecified atom stereocenters. The SMILES string of the molecule is CN(Cc1cccnc1)C(=O)[C@@H]1CCCN(S(C)(=O)=O)C1. The van der Waals surface area contributed by atoms with Crippen molar-refractivity contribution >= 4 is 15.9 Å². The third-order valence-electron chi connectivity index (χ3n) is 3.72. The van der Waals surface area contributed by atoms with E-state index in [4.69, 9.17) is 0 Å². The Morgan fingerprint density at radius 1 is 1.52 bits per heavy atom. The Morgan fingerprint density at radius 2 is 2.29 bits per heavy atom. The number of carbonyl (C=O) groups is 1. The molecule has 0 radical (unpaired) electrons. The molecule has 2 heterocycles. The topological polar surface area (TPSA) is 70.6 Å². The molecule has 0 spiro atoms. The van der Waals surface area contributed by atoms with E-state index < -0.39 is 10.0 Å². The van der Waals surface area contributed by atoms with E-state index in [-0.39, 0.29) is 18.4 Å². The van der Waals surface area contributed by atoms with Gasteiger partial charge in [-0.25, -0.2) is 12.7 Å². The zero-order valence-corrected chi connectivity index (χ0v) is 13.2. The smallest absolute Gasteiger partial charge is 0.227 e. The largest absolute Gasteiger partial charge is 0.341 e. The molecule has 1 aliphatic heterocycles. The monoisotopic (exact) mass is 311 g/mol. The lowest BCUT2D eigenvalue weighted by Crippen LogP contribution is -2.45. The molecule has 7 heteroatoms. The van der Waals surface area contributed by atoms with Crippen LogP contribution < -0.4 is 0 Å². The highest BCUT2D eigenvalue weighted by Crippen LogP contribution is 2.21. The standard InChI is InChI=1S/C14H21N3O3S/c1-16(10-12-5-3-7-15-9-12)14(18)13-6-4-8-17(11-13)21(2,19)20/h3,5,7,9,13H,4,6,8,10-11H2,1-2H3/t13-/m1/s1. The molecule has 6 nitrogen and oxygen atoms in total. The van der Waals surface area contributed by atoms with Crippen molar-refractivity contribution in [3.63, 3.8) is 0 Å². The maximum absolute atomic E-state index is 12.5. The van der Waals surface area contributed by atoms with E-state index in [0.29, 0.717) is 13.1 Å². The summed E-state index contributed by atoms with van der Waals surface area (Å²) in [5.74, 6) is -0.262. The summed E-state index contributed by atoms with van der Waals surface area (Å²) >= 11 is 0. The Hall–Kier alpha value is -1.47. The Balaban J connectivity index is 1.99. The molecule has 0 saturated carbocycles. The van der Waals surface area contributed by atoms with Gasteiger partial charge in [0, 0.05) is 39.1 Å². The molecule has 1 aromatic heterocycles. The first-order valence-electron chi connectivity index (χ1n) is 6.97. The van der Waals surface area contributed by atoms with Gasteiger partial charge in [-0.1, -0.05) is 6.07 Å². The fraction of sp³-hybridized carbons (Fsp3) is 0.571. The van der Waals surface area contributed by atoms with Crippen molar-refractivity contribution in [1.29, 1.82) is 0 Å². The van der Waals surface area contributed by atoms with Crippen LogP contribution in [-0.4, -0.2) is 54.9 Å². The van der Waals surface area contributed by atoms with Crippen LogP contribution in [0.15, 0.2) is 24.5 Å². The number of carbonyl (C=O) groups excluding carboxylic acids is 1. The summed E-state index contributed by atoms with van der Waals surface area (Å²) in [5, 5.41) is 0. The number of rotatable bonds is 4. The lowest BCUT2D eigenvalue weighted by molar-refractivity contribution is -0.135. The van der Waals surface area contributed by atoms with E-state index in [0.717, 1.165) is 18.4 Å². The molecule has 21 heavy (non-hydrogen) atoms. The highest BCUT2D eigenvalue weighted by molar-refractivity contribution is 7.88. The Morgan fingerprint density at radius 3 is 2.90 bits per heavy atom. The predicted molar refractivity (Wildman–Crippen MR) is 79.9 cm³/mol. The molecule has 0 N–H and O–H groups in total. The van der Waals surface area contributed by atoms with Crippen LogP contribution in [0.2, 0.25) is 0 Å². The van der Waals surface area contributed by atoms with Gasteiger partial charge in [0.2, 0.25) is 15.9 Å². The number of amides is 1. The summed E-state index contributed by atoms with van der Waals surface area (Å²) in [6, 6.07) is 3.75. The van der Waals surface area contributed by atoms with E-state index >= 15 is 0 Å². The molecular weight excluding hydrogens is 290 g/mol. The number of hydrogen-bond donors (Lipinski definition) is 0. The van der Waals surface area contributed by atoms with Gasteiger partial charge in [-0.3, -0.25) is 9.78 Å². The highest BCUT2D eigenvalue weighted by Gasteiger charge is 2.31. The Bertz CT molecular complexity index is 589. The summed E-state index contributed by atoms with van der Waals surface area (Å²) < 4.78 is 24.6. The van der Waals surface area contributed by atoms with Gasteiger partial charge in [0.15, 0.2) is 0 Å². The van der Waals surface area contributed by atoms with Crippen molar-refractivity contribution in [3.8, 4) is 0 Å². The second-order valence-corrected chi connectivity index (χ2v) is 7.50. The lowest BCUT2D eigenvalue weighted by atomic mass is 9.98. The number of aromatic nitrogens is 1. The third kappa shape index (κ3) is 4.25. The van der Waals surface area contributed by atoms with Gasteiger partial charge in [0.1, 0.15) is 0 Å². The fourth-order valence-electron chi connectivity index (χ4n) is 2.60. The minimum absolute atomic E-state index is 0.00722. The van der Waals surface area contributed by atoms with Crippen LogP contribution in [0.1, 0.15) is 18.4 Å². The molecule has 2 rings (SSSR count). The normalized spacial score (nSPS) is 20.2. The number of pyridine rings is 1. The summed E-state index contributed by atoms with van der Waals surface area (Å²) in [6.07, 6.45) is 6.08. The Kier molecular flexibility index (Phi) is 4.95. The second kappa shape index (κ2) is 6.53. The first kappa shape index (κ1) is 15.9.